The van der Waals surface area contributed by atoms with E-state index in [1.807, 2.05) is 30.3 Å². The van der Waals surface area contributed by atoms with Gasteiger partial charge in [0, 0.05) is 24.8 Å². The Morgan fingerprint density at radius 3 is 2.48 bits per heavy atom. The van der Waals surface area contributed by atoms with Crippen LogP contribution in [-0.4, -0.2) is 39.7 Å². The van der Waals surface area contributed by atoms with E-state index < -0.39 is 0 Å². The first-order chi connectivity index (χ1) is 12.2. The van der Waals surface area contributed by atoms with Crippen molar-refractivity contribution in [1.82, 2.24) is 15.0 Å². The average Bonchev–Trinajstić information content (AvgIpc) is 3.20. The SMILES string of the molecule is CN(C(=O)c1ccc(-c2ncon2)cc1)C(CCO)c1ccccc1. The number of aromatic nitrogens is 2. The van der Waals surface area contributed by atoms with Crippen LogP contribution in [0.2, 0.25) is 0 Å². The second kappa shape index (κ2) is 7.72. The van der Waals surface area contributed by atoms with Gasteiger partial charge >= 0.3 is 0 Å². The Morgan fingerprint density at radius 1 is 1.16 bits per heavy atom. The highest BCUT2D eigenvalue weighted by molar-refractivity contribution is 5.94. The summed E-state index contributed by atoms with van der Waals surface area (Å²) in [4.78, 5) is 18.5. The van der Waals surface area contributed by atoms with Crippen molar-refractivity contribution in [1.29, 1.82) is 0 Å². The van der Waals surface area contributed by atoms with Gasteiger partial charge in [0.1, 0.15) is 0 Å². The summed E-state index contributed by atoms with van der Waals surface area (Å²) in [6, 6.07) is 16.6. The molecule has 0 bridgehead atoms. The second-order valence-electron chi connectivity index (χ2n) is 5.69. The molecule has 1 unspecified atom stereocenters. The maximum atomic E-state index is 12.8. The number of aliphatic hydroxyl groups excluding tert-OH is 1. The number of aliphatic hydroxyl groups is 1. The summed E-state index contributed by atoms with van der Waals surface area (Å²) in [5, 5.41) is 13.2. The summed E-state index contributed by atoms with van der Waals surface area (Å²) in [5.41, 5.74) is 2.34. The molecule has 0 aliphatic carbocycles. The van der Waals surface area contributed by atoms with Crippen molar-refractivity contribution in [3.63, 3.8) is 0 Å². The van der Waals surface area contributed by atoms with Crippen LogP contribution < -0.4 is 0 Å². The van der Waals surface area contributed by atoms with E-state index in [0.717, 1.165) is 11.1 Å². The molecule has 0 radical (unpaired) electrons. The van der Waals surface area contributed by atoms with Crippen LogP contribution in [0.3, 0.4) is 0 Å². The van der Waals surface area contributed by atoms with Crippen molar-refractivity contribution in [2.45, 2.75) is 12.5 Å². The first-order valence-corrected chi connectivity index (χ1v) is 8.00. The van der Waals surface area contributed by atoms with E-state index in [0.29, 0.717) is 17.8 Å². The lowest BCUT2D eigenvalue weighted by molar-refractivity contribution is 0.0705. The van der Waals surface area contributed by atoms with Crippen molar-refractivity contribution >= 4 is 5.91 Å². The number of carbonyl (C=O) groups is 1. The molecule has 3 aromatic rings. The van der Waals surface area contributed by atoms with Gasteiger partial charge in [0.2, 0.25) is 12.2 Å². The van der Waals surface area contributed by atoms with E-state index in [-0.39, 0.29) is 18.6 Å². The Morgan fingerprint density at radius 2 is 1.88 bits per heavy atom. The third-order valence-corrected chi connectivity index (χ3v) is 4.13. The predicted octanol–water partition coefficient (Wildman–Crippen LogP) is 2.93. The van der Waals surface area contributed by atoms with Crippen molar-refractivity contribution in [2.24, 2.45) is 0 Å². The Hall–Kier alpha value is -2.99. The van der Waals surface area contributed by atoms with Crippen molar-refractivity contribution in [2.75, 3.05) is 13.7 Å². The van der Waals surface area contributed by atoms with E-state index in [2.05, 4.69) is 10.1 Å². The Bertz CT molecular complexity index is 802. The van der Waals surface area contributed by atoms with Crippen LogP contribution in [0.1, 0.15) is 28.4 Å². The lowest BCUT2D eigenvalue weighted by atomic mass is 10.0. The van der Waals surface area contributed by atoms with Gasteiger partial charge in [0.05, 0.1) is 6.04 Å². The molecule has 3 rings (SSSR count). The van der Waals surface area contributed by atoms with Gasteiger partial charge in [-0.1, -0.05) is 47.6 Å². The largest absolute Gasteiger partial charge is 0.396 e. The maximum absolute atomic E-state index is 12.8. The third-order valence-electron chi connectivity index (χ3n) is 4.13. The van der Waals surface area contributed by atoms with E-state index in [4.69, 9.17) is 4.52 Å². The fourth-order valence-corrected chi connectivity index (χ4v) is 2.79. The van der Waals surface area contributed by atoms with Gasteiger partial charge in [-0.3, -0.25) is 4.79 Å². The van der Waals surface area contributed by atoms with Crippen LogP contribution >= 0.6 is 0 Å². The zero-order valence-electron chi connectivity index (χ0n) is 13.9. The summed E-state index contributed by atoms with van der Waals surface area (Å²) in [6.45, 7) is 0.00788. The smallest absolute Gasteiger partial charge is 0.254 e. The molecular weight excluding hydrogens is 318 g/mol. The van der Waals surface area contributed by atoms with Gasteiger partial charge < -0.3 is 14.5 Å². The zero-order chi connectivity index (χ0) is 17.6. The quantitative estimate of drug-likeness (QED) is 0.748. The van der Waals surface area contributed by atoms with E-state index >= 15 is 0 Å². The van der Waals surface area contributed by atoms with Crippen LogP contribution in [0.4, 0.5) is 0 Å². The molecule has 0 aliphatic rings. The number of hydrogen-bond donors (Lipinski definition) is 1. The number of hydrogen-bond acceptors (Lipinski definition) is 5. The van der Waals surface area contributed by atoms with E-state index in [1.54, 1.807) is 36.2 Å². The lowest BCUT2D eigenvalue weighted by Gasteiger charge is -2.28. The summed E-state index contributed by atoms with van der Waals surface area (Å²) in [6.07, 6.45) is 1.74. The molecule has 6 nitrogen and oxygen atoms in total. The van der Waals surface area contributed by atoms with Gasteiger partial charge in [-0.05, 0) is 24.1 Å². The number of benzene rings is 2. The summed E-state index contributed by atoms with van der Waals surface area (Å²) < 4.78 is 4.73. The van der Waals surface area contributed by atoms with Crippen LogP contribution in [-0.2, 0) is 0 Å². The maximum Gasteiger partial charge on any atom is 0.254 e. The monoisotopic (exact) mass is 337 g/mol. The number of amides is 1. The molecule has 0 saturated carbocycles. The molecule has 0 spiro atoms. The Balaban J connectivity index is 1.80. The highest BCUT2D eigenvalue weighted by Gasteiger charge is 2.22. The zero-order valence-corrected chi connectivity index (χ0v) is 13.9. The standard InChI is InChI=1S/C19H19N3O3/c1-22(17(11-12-23)14-5-3-2-4-6-14)19(24)16-9-7-15(8-10-16)18-20-13-25-21-18/h2-10,13,17,23H,11-12H2,1H3. The van der Waals surface area contributed by atoms with Gasteiger partial charge in [-0.15, -0.1) is 0 Å². The van der Waals surface area contributed by atoms with Crippen LogP contribution in [0, 0.1) is 0 Å². The van der Waals surface area contributed by atoms with Gasteiger partial charge in [-0.2, -0.15) is 4.98 Å². The fraction of sp³-hybridized carbons (Fsp3) is 0.211. The predicted molar refractivity (Wildman–Crippen MR) is 92.7 cm³/mol. The minimum atomic E-state index is -0.185. The molecule has 1 atom stereocenters. The first-order valence-electron chi connectivity index (χ1n) is 8.00. The summed E-state index contributed by atoms with van der Waals surface area (Å²) in [5.74, 6) is 0.372. The molecule has 1 heterocycles. The molecule has 0 saturated heterocycles. The molecule has 128 valence electrons. The van der Waals surface area contributed by atoms with E-state index in [9.17, 15) is 9.90 Å². The molecular formula is C19H19N3O3. The van der Waals surface area contributed by atoms with Gasteiger partial charge in [0.25, 0.3) is 5.91 Å². The highest BCUT2D eigenvalue weighted by atomic mass is 16.5. The molecule has 0 aliphatic heterocycles. The molecule has 2 aromatic carbocycles. The highest BCUT2D eigenvalue weighted by Crippen LogP contribution is 2.25. The molecule has 1 amide bonds. The van der Waals surface area contributed by atoms with Crippen molar-refractivity contribution in [3.05, 3.63) is 72.1 Å². The first kappa shape index (κ1) is 16.9. The molecule has 0 fully saturated rings. The molecule has 1 aromatic heterocycles. The minimum absolute atomic E-state index is 0.00788. The van der Waals surface area contributed by atoms with Crippen molar-refractivity contribution < 1.29 is 14.4 Å². The number of rotatable bonds is 6. The van der Waals surface area contributed by atoms with E-state index in [1.165, 1.54) is 6.39 Å². The normalized spacial score (nSPS) is 11.9. The summed E-state index contributed by atoms with van der Waals surface area (Å²) in [7, 11) is 1.75. The van der Waals surface area contributed by atoms with Crippen LogP contribution in [0.5, 0.6) is 0 Å². The topological polar surface area (TPSA) is 79.5 Å². The molecule has 1 N–H and O–H groups in total. The Labute approximate surface area is 145 Å². The minimum Gasteiger partial charge on any atom is -0.396 e. The van der Waals surface area contributed by atoms with Crippen LogP contribution in [0.15, 0.2) is 65.5 Å². The third kappa shape index (κ3) is 3.75. The van der Waals surface area contributed by atoms with Gasteiger partial charge in [0.15, 0.2) is 0 Å². The molecule has 6 heteroatoms. The summed E-state index contributed by atoms with van der Waals surface area (Å²) >= 11 is 0. The number of carbonyl (C=O) groups excluding carboxylic acids is 1. The second-order valence-corrected chi connectivity index (χ2v) is 5.69. The van der Waals surface area contributed by atoms with Gasteiger partial charge in [-0.25, -0.2) is 0 Å². The fourth-order valence-electron chi connectivity index (χ4n) is 2.79. The molecule has 25 heavy (non-hydrogen) atoms. The lowest BCUT2D eigenvalue weighted by Crippen LogP contribution is -2.31. The number of nitrogens with zero attached hydrogens (tertiary/aromatic N) is 3. The van der Waals surface area contributed by atoms with Crippen molar-refractivity contribution in [3.8, 4) is 11.4 Å². The van der Waals surface area contributed by atoms with Crippen LogP contribution in [0.25, 0.3) is 11.4 Å². The Kier molecular flexibility index (Phi) is 5.20. The average molecular weight is 337 g/mol.